The zero-order chi connectivity index (χ0) is 12.4. The maximum Gasteiger partial charge on any atom is 0.149 e. The highest BCUT2D eigenvalue weighted by atomic mass is 19.1. The van der Waals surface area contributed by atoms with Gasteiger partial charge < -0.3 is 11.1 Å². The number of hydrogen-bond donors (Lipinski definition) is 2. The molecule has 0 saturated heterocycles. The molecule has 0 atom stereocenters. The van der Waals surface area contributed by atoms with E-state index in [-0.39, 0.29) is 5.69 Å². The van der Waals surface area contributed by atoms with Gasteiger partial charge in [-0.15, -0.1) is 0 Å². The molecule has 17 heavy (non-hydrogen) atoms. The van der Waals surface area contributed by atoms with Gasteiger partial charge in [-0.3, -0.25) is 0 Å². The molecule has 0 aliphatic heterocycles. The SMILES string of the molecule is Cc1c(N)ncnc1Nc1ccc(F)cc1F. The molecule has 2 aromatic rings. The summed E-state index contributed by atoms with van der Waals surface area (Å²) in [6.45, 7) is 1.71. The minimum Gasteiger partial charge on any atom is -0.383 e. The number of benzene rings is 1. The fourth-order valence-corrected chi connectivity index (χ4v) is 1.31. The summed E-state index contributed by atoms with van der Waals surface area (Å²) in [6, 6.07) is 3.25. The Balaban J connectivity index is 2.35. The van der Waals surface area contributed by atoms with Crippen LogP contribution in [0, 0.1) is 18.6 Å². The smallest absolute Gasteiger partial charge is 0.149 e. The van der Waals surface area contributed by atoms with Crippen LogP contribution in [-0.4, -0.2) is 9.97 Å². The fraction of sp³-hybridized carbons (Fsp3) is 0.0909. The van der Waals surface area contributed by atoms with Crippen molar-refractivity contribution in [3.05, 3.63) is 41.7 Å². The Labute approximate surface area is 96.5 Å². The number of anilines is 3. The third-order valence-electron chi connectivity index (χ3n) is 2.31. The zero-order valence-electron chi connectivity index (χ0n) is 9.04. The van der Waals surface area contributed by atoms with Crippen molar-refractivity contribution in [3.63, 3.8) is 0 Å². The Morgan fingerprint density at radius 1 is 1.24 bits per heavy atom. The molecule has 0 aliphatic rings. The van der Waals surface area contributed by atoms with Gasteiger partial charge in [0.2, 0.25) is 0 Å². The fourth-order valence-electron chi connectivity index (χ4n) is 1.31. The van der Waals surface area contributed by atoms with E-state index in [0.29, 0.717) is 17.2 Å². The lowest BCUT2D eigenvalue weighted by molar-refractivity contribution is 0.586. The van der Waals surface area contributed by atoms with Gasteiger partial charge in [0.05, 0.1) is 5.69 Å². The van der Waals surface area contributed by atoms with E-state index in [0.717, 1.165) is 12.1 Å². The molecule has 0 bridgehead atoms. The molecular formula is C11H10F2N4. The maximum atomic E-state index is 13.4. The van der Waals surface area contributed by atoms with Crippen LogP contribution in [0.25, 0.3) is 0 Å². The van der Waals surface area contributed by atoms with E-state index < -0.39 is 11.6 Å². The number of hydrogen-bond acceptors (Lipinski definition) is 4. The topological polar surface area (TPSA) is 63.8 Å². The summed E-state index contributed by atoms with van der Waals surface area (Å²) in [5.41, 5.74) is 6.33. The lowest BCUT2D eigenvalue weighted by Crippen LogP contribution is -2.03. The van der Waals surface area contributed by atoms with Crippen LogP contribution in [0.15, 0.2) is 24.5 Å². The van der Waals surface area contributed by atoms with Crippen LogP contribution in [0.5, 0.6) is 0 Å². The molecule has 1 aromatic carbocycles. The van der Waals surface area contributed by atoms with Crippen LogP contribution in [0.3, 0.4) is 0 Å². The van der Waals surface area contributed by atoms with Crippen LogP contribution in [0.4, 0.5) is 26.1 Å². The van der Waals surface area contributed by atoms with Crippen molar-refractivity contribution in [3.8, 4) is 0 Å². The van der Waals surface area contributed by atoms with E-state index >= 15 is 0 Å². The standard InChI is InChI=1S/C11H10F2N4/c1-6-10(14)15-5-16-11(6)17-9-3-2-7(12)4-8(9)13/h2-5H,1H3,(H3,14,15,16,17). The predicted molar refractivity (Wildman–Crippen MR) is 60.8 cm³/mol. The molecule has 6 heteroatoms. The summed E-state index contributed by atoms with van der Waals surface area (Å²) in [5, 5.41) is 2.74. The molecule has 3 N–H and O–H groups in total. The van der Waals surface area contributed by atoms with Gasteiger partial charge in [-0.2, -0.15) is 0 Å². The summed E-state index contributed by atoms with van der Waals surface area (Å²) in [4.78, 5) is 7.73. The van der Waals surface area contributed by atoms with Crippen molar-refractivity contribution in [2.24, 2.45) is 0 Å². The van der Waals surface area contributed by atoms with E-state index in [1.807, 2.05) is 0 Å². The summed E-state index contributed by atoms with van der Waals surface area (Å²) < 4.78 is 26.1. The average Bonchev–Trinajstić information content (AvgIpc) is 2.28. The monoisotopic (exact) mass is 236 g/mol. The average molecular weight is 236 g/mol. The third kappa shape index (κ3) is 2.30. The van der Waals surface area contributed by atoms with Crippen LogP contribution >= 0.6 is 0 Å². The maximum absolute atomic E-state index is 13.4. The Hall–Kier alpha value is -2.24. The lowest BCUT2D eigenvalue weighted by atomic mass is 10.2. The largest absolute Gasteiger partial charge is 0.383 e. The van der Waals surface area contributed by atoms with Crippen LogP contribution in [0.2, 0.25) is 0 Å². The van der Waals surface area contributed by atoms with Crippen molar-refractivity contribution in [1.82, 2.24) is 9.97 Å². The molecule has 0 fully saturated rings. The quantitative estimate of drug-likeness (QED) is 0.840. The molecule has 0 amide bonds. The van der Waals surface area contributed by atoms with Gasteiger partial charge in [0.15, 0.2) is 0 Å². The second kappa shape index (κ2) is 4.32. The van der Waals surface area contributed by atoms with E-state index in [1.54, 1.807) is 6.92 Å². The molecule has 4 nitrogen and oxygen atoms in total. The normalized spacial score (nSPS) is 10.3. The lowest BCUT2D eigenvalue weighted by Gasteiger charge is -2.09. The van der Waals surface area contributed by atoms with E-state index in [1.165, 1.54) is 12.4 Å². The number of nitrogens with zero attached hydrogens (tertiary/aromatic N) is 2. The molecule has 0 unspecified atom stereocenters. The Morgan fingerprint density at radius 2 is 2.00 bits per heavy atom. The molecule has 0 aliphatic carbocycles. The summed E-state index contributed by atoms with van der Waals surface area (Å²) in [5.74, 6) is -0.624. The van der Waals surface area contributed by atoms with Crippen LogP contribution < -0.4 is 11.1 Å². The highest BCUT2D eigenvalue weighted by Crippen LogP contribution is 2.23. The van der Waals surface area contributed by atoms with Gasteiger partial charge in [-0.1, -0.05) is 0 Å². The first-order chi connectivity index (χ1) is 8.08. The van der Waals surface area contributed by atoms with Crippen molar-refractivity contribution >= 4 is 17.3 Å². The minimum atomic E-state index is -0.693. The number of nitrogens with two attached hydrogens (primary N) is 1. The van der Waals surface area contributed by atoms with Gasteiger partial charge in [-0.05, 0) is 19.1 Å². The first-order valence-corrected chi connectivity index (χ1v) is 4.87. The molecule has 88 valence electrons. The molecule has 0 saturated carbocycles. The highest BCUT2D eigenvalue weighted by molar-refractivity contribution is 5.63. The number of halogens is 2. The van der Waals surface area contributed by atoms with E-state index in [9.17, 15) is 8.78 Å². The summed E-state index contributed by atoms with van der Waals surface area (Å²) >= 11 is 0. The van der Waals surface area contributed by atoms with Gasteiger partial charge in [0, 0.05) is 11.6 Å². The molecule has 0 radical (unpaired) electrons. The highest BCUT2D eigenvalue weighted by Gasteiger charge is 2.08. The van der Waals surface area contributed by atoms with Crippen molar-refractivity contribution < 1.29 is 8.78 Å². The first kappa shape index (κ1) is 11.3. The predicted octanol–water partition coefficient (Wildman–Crippen LogP) is 2.39. The van der Waals surface area contributed by atoms with Crippen molar-refractivity contribution in [2.45, 2.75) is 6.92 Å². The molecule has 2 rings (SSSR count). The van der Waals surface area contributed by atoms with Gasteiger partial charge in [0.25, 0.3) is 0 Å². The van der Waals surface area contributed by atoms with Gasteiger partial charge >= 0.3 is 0 Å². The van der Waals surface area contributed by atoms with Crippen molar-refractivity contribution in [1.29, 1.82) is 0 Å². The Kier molecular flexibility index (Phi) is 2.86. The van der Waals surface area contributed by atoms with Gasteiger partial charge in [-0.25, -0.2) is 18.7 Å². The third-order valence-corrected chi connectivity index (χ3v) is 2.31. The molecule has 0 spiro atoms. The summed E-state index contributed by atoms with van der Waals surface area (Å²) in [7, 11) is 0. The second-order valence-electron chi connectivity index (χ2n) is 3.48. The van der Waals surface area contributed by atoms with E-state index in [4.69, 9.17) is 5.73 Å². The van der Waals surface area contributed by atoms with Crippen molar-refractivity contribution in [2.75, 3.05) is 11.1 Å². The Bertz CT molecular complexity index is 557. The number of nitrogens with one attached hydrogen (secondary N) is 1. The minimum absolute atomic E-state index is 0.132. The van der Waals surface area contributed by atoms with E-state index in [2.05, 4.69) is 15.3 Å². The Morgan fingerprint density at radius 3 is 2.71 bits per heavy atom. The zero-order valence-corrected chi connectivity index (χ0v) is 9.04. The van der Waals surface area contributed by atoms with Crippen LogP contribution in [0.1, 0.15) is 5.56 Å². The van der Waals surface area contributed by atoms with Crippen LogP contribution in [-0.2, 0) is 0 Å². The number of aromatic nitrogens is 2. The summed E-state index contributed by atoms with van der Waals surface area (Å²) in [6.07, 6.45) is 1.27. The number of rotatable bonds is 2. The second-order valence-corrected chi connectivity index (χ2v) is 3.48. The molecule has 1 aromatic heterocycles. The molecular weight excluding hydrogens is 226 g/mol. The van der Waals surface area contributed by atoms with Gasteiger partial charge in [0.1, 0.15) is 29.6 Å². The first-order valence-electron chi connectivity index (χ1n) is 4.87. The molecule has 1 heterocycles. The number of nitrogen functional groups attached to an aromatic ring is 1.